The molecule has 0 aliphatic carbocycles. The molecule has 2 unspecified atom stereocenters. The lowest BCUT2D eigenvalue weighted by atomic mass is 10.1. The van der Waals surface area contributed by atoms with E-state index in [4.69, 9.17) is 21.1 Å². The van der Waals surface area contributed by atoms with Crippen molar-refractivity contribution in [1.29, 1.82) is 0 Å². The van der Waals surface area contributed by atoms with E-state index in [0.717, 1.165) is 18.2 Å². The van der Waals surface area contributed by atoms with Crippen LogP contribution < -0.4 is 9.47 Å². The SMILES string of the molecule is C=CC(C)N1C(=O)SC(=Cc2cc(Cl)c(OC(C)CC)c(OC)c2)C1=O. The third-order valence-electron chi connectivity index (χ3n) is 4.02. The van der Waals surface area contributed by atoms with Crippen molar-refractivity contribution in [2.45, 2.75) is 39.3 Å². The number of ether oxygens (including phenoxy) is 2. The van der Waals surface area contributed by atoms with Gasteiger partial charge in [0.05, 0.1) is 29.2 Å². The minimum atomic E-state index is -0.363. The van der Waals surface area contributed by atoms with Gasteiger partial charge in [-0.2, -0.15) is 0 Å². The molecular formula is C19H22ClNO4S. The second-order valence-electron chi connectivity index (χ2n) is 5.90. The summed E-state index contributed by atoms with van der Waals surface area (Å²) < 4.78 is 11.2. The maximum Gasteiger partial charge on any atom is 0.294 e. The molecule has 0 aromatic heterocycles. The number of hydrogen-bond donors (Lipinski definition) is 0. The first-order chi connectivity index (χ1) is 12.3. The Morgan fingerprint density at radius 2 is 2.04 bits per heavy atom. The number of carbonyl (C=O) groups excluding carboxylic acids is 2. The summed E-state index contributed by atoms with van der Waals surface area (Å²) in [5.74, 6) is 0.596. The van der Waals surface area contributed by atoms with Gasteiger partial charge in [-0.15, -0.1) is 6.58 Å². The van der Waals surface area contributed by atoms with Crippen LogP contribution in [0, 0.1) is 0 Å². The molecule has 2 rings (SSSR count). The molecule has 5 nitrogen and oxygen atoms in total. The minimum absolute atomic E-state index is 0.0101. The highest BCUT2D eigenvalue weighted by Gasteiger charge is 2.37. The zero-order valence-corrected chi connectivity index (χ0v) is 16.8. The summed E-state index contributed by atoms with van der Waals surface area (Å²) in [7, 11) is 1.53. The number of rotatable bonds is 7. The number of benzene rings is 1. The highest BCUT2D eigenvalue weighted by molar-refractivity contribution is 8.18. The Labute approximate surface area is 163 Å². The molecule has 1 aliphatic heterocycles. The fourth-order valence-corrected chi connectivity index (χ4v) is 3.49. The smallest absolute Gasteiger partial charge is 0.294 e. The Kier molecular flexibility index (Phi) is 6.78. The number of imide groups is 1. The van der Waals surface area contributed by atoms with Crippen molar-refractivity contribution in [2.24, 2.45) is 0 Å². The molecule has 0 N–H and O–H groups in total. The molecule has 1 aromatic rings. The van der Waals surface area contributed by atoms with Gasteiger partial charge in [0.25, 0.3) is 11.1 Å². The lowest BCUT2D eigenvalue weighted by molar-refractivity contribution is -0.123. The number of methoxy groups -OCH3 is 1. The molecule has 0 radical (unpaired) electrons. The summed E-state index contributed by atoms with van der Waals surface area (Å²) in [6.45, 7) is 9.34. The van der Waals surface area contributed by atoms with Gasteiger partial charge in [-0.05, 0) is 55.8 Å². The van der Waals surface area contributed by atoms with Gasteiger partial charge in [0.2, 0.25) is 0 Å². The molecule has 26 heavy (non-hydrogen) atoms. The molecule has 140 valence electrons. The van der Waals surface area contributed by atoms with E-state index in [9.17, 15) is 9.59 Å². The number of thioether (sulfide) groups is 1. The first kappa shape index (κ1) is 20.4. The quantitative estimate of drug-likeness (QED) is 0.472. The number of nitrogens with zero attached hydrogens (tertiary/aromatic N) is 1. The van der Waals surface area contributed by atoms with Gasteiger partial charge in [-0.1, -0.05) is 24.6 Å². The first-order valence-corrected chi connectivity index (χ1v) is 9.45. The molecule has 0 bridgehead atoms. The largest absolute Gasteiger partial charge is 0.493 e. The average molecular weight is 396 g/mol. The molecule has 1 heterocycles. The predicted octanol–water partition coefficient (Wildman–Crippen LogP) is 5.14. The number of carbonyl (C=O) groups is 2. The third kappa shape index (κ3) is 4.24. The van der Waals surface area contributed by atoms with Crippen LogP contribution in [0.1, 0.15) is 32.8 Å². The zero-order valence-electron chi connectivity index (χ0n) is 15.2. The van der Waals surface area contributed by atoms with E-state index in [1.165, 1.54) is 12.0 Å². The van der Waals surface area contributed by atoms with Gasteiger partial charge >= 0.3 is 0 Å². The fraction of sp³-hybridized carbons (Fsp3) is 0.368. The van der Waals surface area contributed by atoms with Crippen LogP contribution >= 0.6 is 23.4 Å². The van der Waals surface area contributed by atoms with E-state index in [0.29, 0.717) is 27.0 Å². The molecule has 2 amide bonds. The van der Waals surface area contributed by atoms with Crippen LogP contribution in [0.5, 0.6) is 11.5 Å². The molecule has 0 saturated carbocycles. The van der Waals surface area contributed by atoms with Gasteiger partial charge in [0, 0.05) is 0 Å². The summed E-state index contributed by atoms with van der Waals surface area (Å²) in [6, 6.07) is 3.05. The van der Waals surface area contributed by atoms with Crippen molar-refractivity contribution in [3.8, 4) is 11.5 Å². The summed E-state index contributed by atoms with van der Waals surface area (Å²) in [5.41, 5.74) is 0.653. The van der Waals surface area contributed by atoms with Crippen molar-refractivity contribution in [2.75, 3.05) is 7.11 Å². The maximum absolute atomic E-state index is 12.5. The van der Waals surface area contributed by atoms with Crippen LogP contribution in [0.3, 0.4) is 0 Å². The number of amides is 2. The number of halogens is 1. The normalized spacial score (nSPS) is 18.2. The van der Waals surface area contributed by atoms with E-state index in [1.807, 2.05) is 13.8 Å². The fourth-order valence-electron chi connectivity index (χ4n) is 2.31. The van der Waals surface area contributed by atoms with Gasteiger partial charge in [-0.3, -0.25) is 14.5 Å². The lowest BCUT2D eigenvalue weighted by Gasteiger charge is -2.18. The third-order valence-corrected chi connectivity index (χ3v) is 5.18. The monoisotopic (exact) mass is 395 g/mol. The van der Waals surface area contributed by atoms with Gasteiger partial charge in [-0.25, -0.2) is 0 Å². The lowest BCUT2D eigenvalue weighted by Crippen LogP contribution is -2.35. The molecular weight excluding hydrogens is 374 g/mol. The van der Waals surface area contributed by atoms with Crippen LogP contribution in [0.15, 0.2) is 29.7 Å². The maximum atomic E-state index is 12.5. The van der Waals surface area contributed by atoms with Crippen molar-refractivity contribution >= 4 is 40.6 Å². The molecule has 0 spiro atoms. The van der Waals surface area contributed by atoms with Crippen LogP contribution in [0.25, 0.3) is 6.08 Å². The van der Waals surface area contributed by atoms with Gasteiger partial charge < -0.3 is 9.47 Å². The van der Waals surface area contributed by atoms with Crippen molar-refractivity contribution in [1.82, 2.24) is 4.90 Å². The van der Waals surface area contributed by atoms with Crippen LogP contribution in [-0.4, -0.2) is 35.3 Å². The van der Waals surface area contributed by atoms with Crippen LogP contribution in [0.2, 0.25) is 5.02 Å². The van der Waals surface area contributed by atoms with Crippen LogP contribution in [-0.2, 0) is 4.79 Å². The van der Waals surface area contributed by atoms with Gasteiger partial charge in [0.1, 0.15) is 0 Å². The molecule has 1 aromatic carbocycles. The highest BCUT2D eigenvalue weighted by Crippen LogP contribution is 2.39. The van der Waals surface area contributed by atoms with Crippen molar-refractivity contribution in [3.63, 3.8) is 0 Å². The minimum Gasteiger partial charge on any atom is -0.493 e. The van der Waals surface area contributed by atoms with E-state index in [-0.39, 0.29) is 23.3 Å². The van der Waals surface area contributed by atoms with Crippen LogP contribution in [0.4, 0.5) is 4.79 Å². The summed E-state index contributed by atoms with van der Waals surface area (Å²) in [4.78, 5) is 26.1. The van der Waals surface area contributed by atoms with E-state index in [1.54, 1.807) is 31.2 Å². The first-order valence-electron chi connectivity index (χ1n) is 8.26. The second-order valence-corrected chi connectivity index (χ2v) is 7.30. The average Bonchev–Trinajstić information content (AvgIpc) is 2.89. The number of hydrogen-bond acceptors (Lipinski definition) is 5. The molecule has 1 aliphatic rings. The second kappa shape index (κ2) is 8.64. The molecule has 1 saturated heterocycles. The highest BCUT2D eigenvalue weighted by atomic mass is 35.5. The Balaban J connectivity index is 2.37. The molecule has 1 fully saturated rings. The van der Waals surface area contributed by atoms with Gasteiger partial charge in [0.15, 0.2) is 11.5 Å². The molecule has 7 heteroatoms. The van der Waals surface area contributed by atoms with E-state index < -0.39 is 0 Å². The van der Waals surface area contributed by atoms with E-state index >= 15 is 0 Å². The Bertz CT molecular complexity index is 762. The summed E-state index contributed by atoms with van der Waals surface area (Å²) in [5, 5.41) is 0.0676. The Morgan fingerprint density at radius 1 is 1.35 bits per heavy atom. The Hall–Kier alpha value is -1.92. The van der Waals surface area contributed by atoms with E-state index in [2.05, 4.69) is 6.58 Å². The molecule has 2 atom stereocenters. The topological polar surface area (TPSA) is 55.8 Å². The van der Waals surface area contributed by atoms with Crippen molar-refractivity contribution in [3.05, 3.63) is 40.3 Å². The summed E-state index contributed by atoms with van der Waals surface area (Å²) >= 11 is 7.24. The Morgan fingerprint density at radius 3 is 2.62 bits per heavy atom. The predicted molar refractivity (Wildman–Crippen MR) is 106 cm³/mol. The summed E-state index contributed by atoms with van der Waals surface area (Å²) in [6.07, 6.45) is 4.00. The zero-order chi connectivity index (χ0) is 19.4. The standard InChI is InChI=1S/C19H22ClNO4S/c1-6-11(3)21-18(22)16(26-19(21)23)10-13-8-14(20)17(15(9-13)24-5)25-12(4)7-2/h6,8-12H,1,7H2,2-5H3. The van der Waals surface area contributed by atoms with Crippen molar-refractivity contribution < 1.29 is 19.1 Å².